The van der Waals surface area contributed by atoms with Gasteiger partial charge < -0.3 is 0 Å². The van der Waals surface area contributed by atoms with Crippen molar-refractivity contribution in [2.75, 3.05) is 0 Å². The molecule has 0 saturated carbocycles. The first-order valence-electron chi connectivity index (χ1n) is 5.94. The summed E-state index contributed by atoms with van der Waals surface area (Å²) in [5.74, 6) is 0. The predicted octanol–water partition coefficient (Wildman–Crippen LogP) is 6.08. The van der Waals surface area contributed by atoms with Crippen LogP contribution in [-0.4, -0.2) is 29.6 Å². The molecule has 0 heterocycles. The summed E-state index contributed by atoms with van der Waals surface area (Å²) in [5, 5.41) is 0. The van der Waals surface area contributed by atoms with Crippen LogP contribution in [0.5, 0.6) is 0 Å². The number of hydrogen-bond acceptors (Lipinski definition) is 0. The van der Waals surface area contributed by atoms with Crippen molar-refractivity contribution in [3.8, 4) is 0 Å². The number of allylic oxidation sites excluding steroid dienone is 4. The van der Waals surface area contributed by atoms with Crippen LogP contribution in [0.15, 0.2) is 87.0 Å². The molecule has 0 unspecified atom stereocenters. The second kappa shape index (κ2) is 53.4. The summed E-state index contributed by atoms with van der Waals surface area (Å²) in [5.41, 5.74) is 0. The number of rotatable bonds is 0. The molecule has 1 radical (unpaired) electrons. The average molecular weight is 269 g/mol. The van der Waals surface area contributed by atoms with E-state index in [-0.39, 0.29) is 29.6 Å². The third kappa shape index (κ3) is 148. The molecule has 0 aliphatic carbocycles. The van der Waals surface area contributed by atoms with Gasteiger partial charge in [-0.1, -0.05) is 60.7 Å². The topological polar surface area (TPSA) is 0 Å². The molecule has 1 rings (SSSR count). The van der Waals surface area contributed by atoms with Gasteiger partial charge in [0.15, 0.2) is 0 Å². The molecular weight excluding hydrogens is 239 g/mol. The summed E-state index contributed by atoms with van der Waals surface area (Å²) in [6, 6.07) is 12.0. The first-order chi connectivity index (χ1) is 8.66. The molecule has 0 saturated heterocycles. The predicted molar refractivity (Wildman–Crippen MR) is 95.7 cm³/mol. The maximum absolute atomic E-state index is 3.36. The molecule has 0 fully saturated rings. The van der Waals surface area contributed by atoms with Crippen molar-refractivity contribution < 1.29 is 0 Å². The van der Waals surface area contributed by atoms with Gasteiger partial charge in [0.25, 0.3) is 0 Å². The van der Waals surface area contributed by atoms with Crippen molar-refractivity contribution in [2.45, 2.75) is 27.7 Å². The Bertz CT molecular complexity index is 186. The van der Waals surface area contributed by atoms with Gasteiger partial charge in [-0.2, -0.15) is 0 Å². The quantitative estimate of drug-likeness (QED) is 0.396. The third-order valence-corrected chi connectivity index (χ3v) is 0.667. The van der Waals surface area contributed by atoms with E-state index in [0.29, 0.717) is 0 Å². The summed E-state index contributed by atoms with van der Waals surface area (Å²) in [7, 11) is 0. The molecule has 0 nitrogen and oxygen atoms in total. The van der Waals surface area contributed by atoms with Crippen LogP contribution >= 0.6 is 0 Å². The van der Waals surface area contributed by atoms with E-state index in [9.17, 15) is 0 Å². The van der Waals surface area contributed by atoms with Crippen LogP contribution in [0, 0.1) is 0 Å². The summed E-state index contributed by atoms with van der Waals surface area (Å²) in [4.78, 5) is 0. The maximum Gasteiger partial charge on any atom is 0 e. The van der Waals surface area contributed by atoms with Crippen LogP contribution in [0.1, 0.15) is 27.7 Å². The summed E-state index contributed by atoms with van der Waals surface area (Å²) < 4.78 is 0. The molecule has 0 aliphatic heterocycles. The van der Waals surface area contributed by atoms with Crippen LogP contribution in [0.4, 0.5) is 0 Å². The second-order valence-corrected chi connectivity index (χ2v) is 2.79. The van der Waals surface area contributed by atoms with E-state index in [1.54, 1.807) is 24.3 Å². The Morgan fingerprint density at radius 3 is 0.579 bits per heavy atom. The SMILES string of the molecule is C=CC.C=CC.C=CC.C=CC.[Na].c1ccccc1. The van der Waals surface area contributed by atoms with Crippen molar-refractivity contribution in [3.63, 3.8) is 0 Å². The van der Waals surface area contributed by atoms with E-state index in [0.717, 1.165) is 0 Å². The van der Waals surface area contributed by atoms with Gasteiger partial charge in [0.05, 0.1) is 0 Å². The first-order valence-corrected chi connectivity index (χ1v) is 5.94. The van der Waals surface area contributed by atoms with Crippen molar-refractivity contribution in [3.05, 3.63) is 87.0 Å². The van der Waals surface area contributed by atoms with E-state index in [2.05, 4.69) is 26.3 Å². The van der Waals surface area contributed by atoms with Gasteiger partial charge >= 0.3 is 0 Å². The normalized spacial score (nSPS) is 5.26. The summed E-state index contributed by atoms with van der Waals surface area (Å²) in [6.07, 6.45) is 7.00. The third-order valence-electron chi connectivity index (χ3n) is 0.667. The van der Waals surface area contributed by atoms with Crippen LogP contribution in [0.25, 0.3) is 0 Å². The molecule has 1 heteroatoms. The van der Waals surface area contributed by atoms with E-state index in [1.165, 1.54) is 0 Å². The van der Waals surface area contributed by atoms with Gasteiger partial charge in [-0.05, 0) is 27.7 Å². The van der Waals surface area contributed by atoms with Crippen LogP contribution in [0.3, 0.4) is 0 Å². The van der Waals surface area contributed by atoms with E-state index in [1.807, 2.05) is 64.1 Å². The smallest absolute Gasteiger partial charge is 0 e. The van der Waals surface area contributed by atoms with Gasteiger partial charge in [0.2, 0.25) is 0 Å². The second-order valence-electron chi connectivity index (χ2n) is 2.79. The molecule has 0 amide bonds. The zero-order valence-corrected chi connectivity index (χ0v) is 15.6. The maximum atomic E-state index is 3.36. The van der Waals surface area contributed by atoms with Gasteiger partial charge in [0.1, 0.15) is 0 Å². The first kappa shape index (κ1) is 30.9. The fourth-order valence-electron chi connectivity index (χ4n) is 0.385. The molecule has 0 bridgehead atoms. The minimum Gasteiger partial charge on any atom is -0.103 e. The van der Waals surface area contributed by atoms with Crippen molar-refractivity contribution in [2.24, 2.45) is 0 Å². The van der Waals surface area contributed by atoms with E-state index < -0.39 is 0 Å². The van der Waals surface area contributed by atoms with Gasteiger partial charge in [-0.3, -0.25) is 0 Å². The van der Waals surface area contributed by atoms with E-state index >= 15 is 0 Å². The zero-order valence-electron chi connectivity index (χ0n) is 13.6. The van der Waals surface area contributed by atoms with Gasteiger partial charge in [0, 0.05) is 29.6 Å². The van der Waals surface area contributed by atoms with Crippen molar-refractivity contribution in [1.82, 2.24) is 0 Å². The Morgan fingerprint density at radius 2 is 0.526 bits per heavy atom. The Labute approximate surface area is 143 Å². The van der Waals surface area contributed by atoms with Crippen molar-refractivity contribution >= 4 is 29.6 Å². The molecule has 19 heavy (non-hydrogen) atoms. The molecule has 0 aromatic heterocycles. The largest absolute Gasteiger partial charge is 0.103 e. The number of benzene rings is 1. The molecule has 0 atom stereocenters. The minimum absolute atomic E-state index is 0. The monoisotopic (exact) mass is 269 g/mol. The Hall–Kier alpha value is -0.820. The van der Waals surface area contributed by atoms with Crippen LogP contribution in [-0.2, 0) is 0 Å². The molecule has 1 aromatic rings. The summed E-state index contributed by atoms with van der Waals surface area (Å²) in [6.45, 7) is 21.0. The Balaban J connectivity index is -0.0000000449. The van der Waals surface area contributed by atoms with Crippen LogP contribution in [0.2, 0.25) is 0 Å². The fourth-order valence-corrected chi connectivity index (χ4v) is 0.385. The molecule has 0 N–H and O–H groups in total. The van der Waals surface area contributed by atoms with Crippen LogP contribution < -0.4 is 0 Å². The van der Waals surface area contributed by atoms with Gasteiger partial charge in [-0.15, -0.1) is 26.3 Å². The average Bonchev–Trinajstić information content (AvgIpc) is 2.35. The van der Waals surface area contributed by atoms with E-state index in [4.69, 9.17) is 0 Å². The van der Waals surface area contributed by atoms with Crippen molar-refractivity contribution in [1.29, 1.82) is 0 Å². The molecule has 0 spiro atoms. The van der Waals surface area contributed by atoms with Gasteiger partial charge in [-0.25, -0.2) is 0 Å². The standard InChI is InChI=1S/C6H6.4C3H6.Na/c1-2-4-6-5-3-1;4*1-3-2;/h1-6H;4*3H,1H2,2H3;. The number of hydrogen-bond donors (Lipinski definition) is 0. The molecule has 1 aromatic carbocycles. The molecule has 103 valence electrons. The summed E-state index contributed by atoms with van der Waals surface area (Å²) >= 11 is 0. The molecule has 0 aliphatic rings. The Morgan fingerprint density at radius 1 is 0.474 bits per heavy atom. The zero-order chi connectivity index (χ0) is 15.1. The molecular formula is C18H30Na. The minimum atomic E-state index is 0. The Kier molecular flexibility index (Phi) is 86.8. The fraction of sp³-hybridized carbons (Fsp3) is 0.222.